The van der Waals surface area contributed by atoms with Gasteiger partial charge >= 0.3 is 24.4 Å². The maximum Gasteiger partial charge on any atom is 0.408 e. The van der Waals surface area contributed by atoms with Crippen molar-refractivity contribution in [3.63, 3.8) is 0 Å². The molecular weight excluding hydrogens is 759 g/mol. The van der Waals surface area contributed by atoms with Crippen LogP contribution >= 0.6 is 0 Å². The number of ether oxygens (including phenoxy) is 2. The molecule has 3 rings (SSSR count). The molecule has 0 aromatic heterocycles. The molecule has 0 fully saturated rings. The lowest BCUT2D eigenvalue weighted by Crippen LogP contribution is -2.52. The van der Waals surface area contributed by atoms with E-state index in [1.54, 1.807) is 53.7 Å². The van der Waals surface area contributed by atoms with Gasteiger partial charge in [-0.25, -0.2) is 19.0 Å². The number of nitrogens with one attached hydrogen (secondary N) is 2. The SMILES string of the molecule is Cc1cccc2c1N(COC(=O)[C@@H](NC(=O)OC(C)(C)C)C(C)C)C(=O)[C@@H](NC(=O)[C@H](CCC(F)(F)F)[C@H](CCC(F)(F)F)C(N)=O)N=C2c1cccc(F)c1. The second kappa shape index (κ2) is 18.1. The minimum atomic E-state index is -4.91. The molecule has 4 atom stereocenters. The number of fused-ring (bicyclic) bond motifs is 1. The fourth-order valence-electron chi connectivity index (χ4n) is 5.90. The first-order valence-corrected chi connectivity index (χ1v) is 17.4. The van der Waals surface area contributed by atoms with Gasteiger partial charge in [-0.3, -0.25) is 19.3 Å². The summed E-state index contributed by atoms with van der Waals surface area (Å²) in [5.74, 6) is -10.6. The predicted molar refractivity (Wildman–Crippen MR) is 188 cm³/mol. The predicted octanol–water partition coefficient (Wildman–Crippen LogP) is 6.21. The number of carbonyl (C=O) groups excluding carboxylic acids is 5. The highest BCUT2D eigenvalue weighted by molar-refractivity contribution is 6.20. The van der Waals surface area contributed by atoms with Gasteiger partial charge in [0.1, 0.15) is 17.5 Å². The molecule has 0 aliphatic carbocycles. The van der Waals surface area contributed by atoms with Crippen LogP contribution in [0.15, 0.2) is 47.5 Å². The van der Waals surface area contributed by atoms with Crippen LogP contribution in [0.5, 0.6) is 0 Å². The first-order valence-electron chi connectivity index (χ1n) is 17.4. The van der Waals surface area contributed by atoms with Crippen molar-refractivity contribution in [1.82, 2.24) is 10.6 Å². The summed E-state index contributed by atoms with van der Waals surface area (Å²) in [5, 5.41) is 4.59. The van der Waals surface area contributed by atoms with Gasteiger partial charge in [0.25, 0.3) is 5.91 Å². The van der Waals surface area contributed by atoms with E-state index in [0.29, 0.717) is 5.56 Å². The van der Waals surface area contributed by atoms with Gasteiger partial charge in [-0.2, -0.15) is 26.3 Å². The van der Waals surface area contributed by atoms with Crippen LogP contribution in [-0.4, -0.2) is 72.4 Å². The second-order valence-corrected chi connectivity index (χ2v) is 14.5. The lowest BCUT2D eigenvalue weighted by molar-refractivity contribution is -0.152. The first-order chi connectivity index (χ1) is 25.8. The molecule has 1 aliphatic heterocycles. The van der Waals surface area contributed by atoms with Gasteiger partial charge in [0.2, 0.25) is 18.0 Å². The third kappa shape index (κ3) is 12.9. The van der Waals surface area contributed by atoms with Crippen LogP contribution in [0.1, 0.15) is 77.0 Å². The maximum absolute atomic E-state index is 14.6. The van der Waals surface area contributed by atoms with Crippen molar-refractivity contribution < 1.29 is 64.2 Å². The summed E-state index contributed by atoms with van der Waals surface area (Å²) >= 11 is 0. The summed E-state index contributed by atoms with van der Waals surface area (Å²) in [6.07, 6.45) is -18.5. The number of nitrogens with zero attached hydrogens (tertiary/aromatic N) is 2. The van der Waals surface area contributed by atoms with Gasteiger partial charge in [-0.05, 0) is 64.2 Å². The quantitative estimate of drug-likeness (QED) is 0.151. The Morgan fingerprint density at radius 3 is 2.05 bits per heavy atom. The minimum Gasteiger partial charge on any atom is -0.444 e. The number of hydrogen-bond acceptors (Lipinski definition) is 8. The zero-order valence-corrected chi connectivity index (χ0v) is 31.4. The highest BCUT2D eigenvalue weighted by Gasteiger charge is 2.42. The summed E-state index contributed by atoms with van der Waals surface area (Å²) in [4.78, 5) is 71.8. The van der Waals surface area contributed by atoms with E-state index >= 15 is 0 Å². The molecule has 56 heavy (non-hydrogen) atoms. The Morgan fingerprint density at radius 2 is 1.52 bits per heavy atom. The number of alkyl carbamates (subject to hydrolysis) is 1. The monoisotopic (exact) mass is 803 g/mol. The van der Waals surface area contributed by atoms with Crippen LogP contribution in [-0.2, 0) is 28.7 Å². The lowest BCUT2D eigenvalue weighted by Gasteiger charge is -2.29. The number of hydrogen-bond donors (Lipinski definition) is 3. The number of nitrogens with two attached hydrogens (primary N) is 1. The number of aliphatic imine (C=N–C) groups is 1. The molecule has 0 unspecified atom stereocenters. The first kappa shape index (κ1) is 45.2. The van der Waals surface area contributed by atoms with Crippen molar-refractivity contribution in [1.29, 1.82) is 0 Å². The molecule has 2 aromatic carbocycles. The molecule has 4 N–H and O–H groups in total. The number of rotatable bonds is 14. The summed E-state index contributed by atoms with van der Waals surface area (Å²) in [5.41, 5.74) is 4.94. The van der Waals surface area contributed by atoms with E-state index in [0.717, 1.165) is 17.0 Å². The van der Waals surface area contributed by atoms with Crippen LogP contribution < -0.4 is 21.3 Å². The number of para-hydroxylation sites is 1. The van der Waals surface area contributed by atoms with E-state index in [2.05, 4.69) is 15.6 Å². The zero-order chi connectivity index (χ0) is 42.3. The summed E-state index contributed by atoms with van der Waals surface area (Å²) in [6, 6.07) is 8.19. The Hall–Kier alpha value is -5.23. The Labute approximate surface area is 318 Å². The third-order valence-electron chi connectivity index (χ3n) is 8.49. The van der Waals surface area contributed by atoms with Crippen LogP contribution in [0, 0.1) is 30.5 Å². The molecule has 1 heterocycles. The number of anilines is 1. The number of benzodiazepines with no additional fused rings is 1. The number of alkyl halides is 6. The van der Waals surface area contributed by atoms with E-state index in [1.165, 1.54) is 18.2 Å². The van der Waals surface area contributed by atoms with E-state index in [4.69, 9.17) is 15.2 Å². The van der Waals surface area contributed by atoms with Gasteiger partial charge in [0.05, 0.1) is 11.4 Å². The molecule has 0 spiro atoms. The van der Waals surface area contributed by atoms with Gasteiger partial charge in [-0.15, -0.1) is 0 Å². The van der Waals surface area contributed by atoms with Crippen LogP contribution in [0.25, 0.3) is 0 Å². The highest BCUT2D eigenvalue weighted by Crippen LogP contribution is 2.35. The molecule has 1 aliphatic rings. The zero-order valence-electron chi connectivity index (χ0n) is 31.4. The number of primary amides is 1. The fraction of sp³-hybridized carbons (Fsp3) is 0.514. The summed E-state index contributed by atoms with van der Waals surface area (Å²) in [6.45, 7) is 8.66. The normalized spacial score (nSPS) is 16.5. The van der Waals surface area contributed by atoms with Crippen molar-refractivity contribution in [3.8, 4) is 0 Å². The molecule has 0 radical (unpaired) electrons. The fourth-order valence-corrected chi connectivity index (χ4v) is 5.90. The molecule has 2 aromatic rings. The molecule has 12 nitrogen and oxygen atoms in total. The average Bonchev–Trinajstić information content (AvgIpc) is 3.16. The molecule has 308 valence electrons. The van der Waals surface area contributed by atoms with Crippen molar-refractivity contribution in [2.24, 2.45) is 28.5 Å². The van der Waals surface area contributed by atoms with Crippen LogP contribution in [0.4, 0.5) is 41.2 Å². The Bertz CT molecular complexity index is 1810. The molecule has 0 saturated carbocycles. The molecule has 0 bridgehead atoms. The molecule has 4 amide bonds. The van der Waals surface area contributed by atoms with E-state index in [-0.39, 0.29) is 22.5 Å². The standard InChI is InChI=1S/C37H44F7N5O7/c1-19(2)26(47-34(54)56-35(4,5)6)33(53)55-18-49-28-20(3)9-7-12-25(28)27(21-10-8-11-22(38)17-21)46-30(32(49)52)48-31(51)24(14-16-37(42,43)44)23(29(45)50)13-15-36(39,40)41/h7-12,17,19,23-24,26,30H,13-16,18H2,1-6H3,(H2,45,50)(H,47,54)(H,48,51)/t23-,24+,26-,30+/m0/s1. The van der Waals surface area contributed by atoms with Crippen LogP contribution in [0.2, 0.25) is 0 Å². The Kier molecular flexibility index (Phi) is 14.6. The van der Waals surface area contributed by atoms with E-state index in [9.17, 15) is 54.7 Å². The van der Waals surface area contributed by atoms with Crippen molar-refractivity contribution >= 4 is 41.2 Å². The van der Waals surface area contributed by atoms with Gasteiger partial charge in [0, 0.05) is 35.8 Å². The smallest absolute Gasteiger partial charge is 0.408 e. The Balaban J connectivity index is 2.13. The van der Waals surface area contributed by atoms with Gasteiger partial charge in [0.15, 0.2) is 6.73 Å². The van der Waals surface area contributed by atoms with E-state index in [1.807, 2.05) is 0 Å². The minimum absolute atomic E-state index is 0.0556. The average molecular weight is 804 g/mol. The maximum atomic E-state index is 14.6. The number of esters is 1. The molecular formula is C37H44F7N5O7. The number of amides is 4. The number of benzene rings is 2. The van der Waals surface area contributed by atoms with Gasteiger partial charge < -0.3 is 25.8 Å². The second-order valence-electron chi connectivity index (χ2n) is 14.5. The largest absolute Gasteiger partial charge is 0.444 e. The Morgan fingerprint density at radius 1 is 0.929 bits per heavy atom. The molecule has 0 saturated heterocycles. The topological polar surface area (TPSA) is 169 Å². The lowest BCUT2D eigenvalue weighted by atomic mass is 9.83. The van der Waals surface area contributed by atoms with Crippen LogP contribution in [0.3, 0.4) is 0 Å². The van der Waals surface area contributed by atoms with Crippen molar-refractivity contribution in [2.45, 2.75) is 97.4 Å². The summed E-state index contributed by atoms with van der Waals surface area (Å²) in [7, 11) is 0. The van der Waals surface area contributed by atoms with Gasteiger partial charge in [-0.1, -0.05) is 44.2 Å². The number of aryl methyl sites for hydroxylation is 1. The van der Waals surface area contributed by atoms with E-state index < -0.39 is 116 Å². The highest BCUT2D eigenvalue weighted by atomic mass is 19.4. The number of halogens is 7. The van der Waals surface area contributed by atoms with Crippen molar-refractivity contribution in [3.05, 3.63) is 65.0 Å². The summed E-state index contributed by atoms with van der Waals surface area (Å²) < 4.78 is 105. The third-order valence-corrected chi connectivity index (χ3v) is 8.49. The molecule has 19 heteroatoms. The number of carbonyl (C=O) groups is 5. The van der Waals surface area contributed by atoms with Crippen molar-refractivity contribution in [2.75, 3.05) is 11.6 Å².